The number of nitrogens with one attached hydrogen (secondary N) is 1. The summed E-state index contributed by atoms with van der Waals surface area (Å²) in [4.78, 5) is 22.0. The van der Waals surface area contributed by atoms with Gasteiger partial charge in [-0.05, 0) is 40.1 Å². The molecule has 0 fully saturated rings. The minimum atomic E-state index is -0.0716. The van der Waals surface area contributed by atoms with Crippen LogP contribution in [0.2, 0.25) is 0 Å². The molecule has 3 aromatic heterocycles. The van der Waals surface area contributed by atoms with E-state index >= 15 is 0 Å². The van der Waals surface area contributed by atoms with Crippen LogP contribution in [0.1, 0.15) is 47.3 Å². The minimum Gasteiger partial charge on any atom is -0.290 e. The van der Waals surface area contributed by atoms with Gasteiger partial charge in [0.05, 0.1) is 12.2 Å². The molecule has 0 aliphatic carbocycles. The first-order valence-corrected chi connectivity index (χ1v) is 12.0. The van der Waals surface area contributed by atoms with Crippen LogP contribution in [0.5, 0.6) is 0 Å². The molecular formula is C27H26N8O. The molecule has 0 atom stereocenters. The Bertz CT molecular complexity index is 1430. The summed E-state index contributed by atoms with van der Waals surface area (Å²) in [5.41, 5.74) is 4.59. The summed E-state index contributed by atoms with van der Waals surface area (Å²) in [5.74, 6) is 1.61. The van der Waals surface area contributed by atoms with Crippen LogP contribution in [0.15, 0.2) is 72.9 Å². The normalized spacial score (nSPS) is 11.0. The summed E-state index contributed by atoms with van der Waals surface area (Å²) in [7, 11) is 0. The van der Waals surface area contributed by atoms with Crippen molar-refractivity contribution in [1.82, 2.24) is 40.4 Å². The Morgan fingerprint density at radius 3 is 2.56 bits per heavy atom. The van der Waals surface area contributed by atoms with Crippen molar-refractivity contribution in [2.45, 2.75) is 39.2 Å². The van der Waals surface area contributed by atoms with Gasteiger partial charge in [-0.3, -0.25) is 9.78 Å². The minimum absolute atomic E-state index is 0.0716. The number of hydrogen-bond donors (Lipinski definition) is 1. The molecule has 0 unspecified atom stereocenters. The summed E-state index contributed by atoms with van der Waals surface area (Å²) < 4.78 is 1.86. The molecule has 9 nitrogen and oxygen atoms in total. The van der Waals surface area contributed by atoms with E-state index in [-0.39, 0.29) is 11.6 Å². The largest absolute Gasteiger partial charge is 0.290 e. The van der Waals surface area contributed by atoms with Crippen molar-refractivity contribution in [3.05, 3.63) is 95.7 Å². The van der Waals surface area contributed by atoms with E-state index in [1.165, 1.54) is 0 Å². The maximum Gasteiger partial charge on any atom is 0.217 e. The van der Waals surface area contributed by atoms with Gasteiger partial charge in [0.2, 0.25) is 11.6 Å². The van der Waals surface area contributed by atoms with E-state index in [9.17, 15) is 4.79 Å². The topological polar surface area (TPSA) is 115 Å². The third-order valence-corrected chi connectivity index (χ3v) is 5.93. The quantitative estimate of drug-likeness (QED) is 0.297. The van der Waals surface area contributed by atoms with Gasteiger partial charge in [-0.25, -0.2) is 14.8 Å². The zero-order valence-corrected chi connectivity index (χ0v) is 20.0. The summed E-state index contributed by atoms with van der Waals surface area (Å²) in [6.45, 7) is 2.67. The van der Waals surface area contributed by atoms with Crippen molar-refractivity contribution in [1.29, 1.82) is 0 Å². The highest BCUT2D eigenvalue weighted by molar-refractivity contribution is 5.94. The van der Waals surface area contributed by atoms with E-state index in [2.05, 4.69) is 42.6 Å². The second kappa shape index (κ2) is 10.8. The van der Waals surface area contributed by atoms with Crippen LogP contribution in [-0.2, 0) is 19.4 Å². The van der Waals surface area contributed by atoms with Crippen LogP contribution >= 0.6 is 0 Å². The van der Waals surface area contributed by atoms with Gasteiger partial charge >= 0.3 is 0 Å². The van der Waals surface area contributed by atoms with E-state index in [1.54, 1.807) is 6.20 Å². The van der Waals surface area contributed by atoms with Crippen LogP contribution < -0.4 is 0 Å². The number of carbonyl (C=O) groups excluding carboxylic acids is 1. The van der Waals surface area contributed by atoms with Crippen LogP contribution in [0, 0.1) is 0 Å². The average Bonchev–Trinajstić information content (AvgIpc) is 3.59. The second-order valence-corrected chi connectivity index (χ2v) is 8.54. The van der Waals surface area contributed by atoms with Crippen molar-refractivity contribution in [2.24, 2.45) is 0 Å². The number of aromatic amines is 1. The second-order valence-electron chi connectivity index (χ2n) is 8.54. The van der Waals surface area contributed by atoms with Gasteiger partial charge in [0.15, 0.2) is 5.82 Å². The highest BCUT2D eigenvalue weighted by Gasteiger charge is 2.17. The molecule has 36 heavy (non-hydrogen) atoms. The van der Waals surface area contributed by atoms with Crippen LogP contribution in [0.25, 0.3) is 22.6 Å². The number of aryl methyl sites for hydroxylation is 1. The Kier molecular flexibility index (Phi) is 6.98. The number of Topliss-reactive ketones (excluding diaryl/α,β-unsaturated/α-hetero) is 1. The number of rotatable bonds is 10. The molecule has 0 saturated carbocycles. The SMILES string of the molecule is CCCCc1nc(C(=O)Cc2ccccc2)nn1Cc1ccc(-c2ncccc2-c2nnn[nH]2)cc1. The number of hydrogen-bond acceptors (Lipinski definition) is 7. The maximum atomic E-state index is 12.9. The molecular weight excluding hydrogens is 452 g/mol. The fraction of sp³-hybridized carbons (Fsp3) is 0.222. The maximum absolute atomic E-state index is 12.9. The Labute approximate surface area is 208 Å². The number of carbonyl (C=O) groups is 1. The molecule has 180 valence electrons. The van der Waals surface area contributed by atoms with Crippen LogP contribution in [-0.4, -0.2) is 46.2 Å². The molecule has 2 aromatic carbocycles. The van der Waals surface area contributed by atoms with E-state index < -0.39 is 0 Å². The molecule has 0 aliphatic rings. The third kappa shape index (κ3) is 5.25. The number of aromatic nitrogens is 8. The highest BCUT2D eigenvalue weighted by Crippen LogP contribution is 2.27. The molecule has 3 heterocycles. The van der Waals surface area contributed by atoms with Crippen LogP contribution in [0.4, 0.5) is 0 Å². The lowest BCUT2D eigenvalue weighted by atomic mass is 10.0. The van der Waals surface area contributed by atoms with Crippen molar-refractivity contribution in [3.63, 3.8) is 0 Å². The standard InChI is InChI=1S/C27H26N8O/c1-2-3-11-24-29-27(23(36)17-19-8-5-4-6-9-19)32-35(24)18-20-12-14-21(15-13-20)25-22(10-7-16-28-25)26-30-33-34-31-26/h4-10,12-16H,2-3,11,17-18H2,1H3,(H,30,31,33,34). The van der Waals surface area contributed by atoms with Crippen LogP contribution in [0.3, 0.4) is 0 Å². The molecule has 0 bridgehead atoms. The first-order valence-electron chi connectivity index (χ1n) is 12.0. The first kappa shape index (κ1) is 23.2. The van der Waals surface area contributed by atoms with E-state index in [4.69, 9.17) is 0 Å². The van der Waals surface area contributed by atoms with E-state index in [1.807, 2.05) is 71.4 Å². The lowest BCUT2D eigenvalue weighted by molar-refractivity contribution is 0.0982. The van der Waals surface area contributed by atoms with Crippen molar-refractivity contribution < 1.29 is 4.79 Å². The number of H-pyrrole nitrogens is 1. The molecule has 0 spiro atoms. The average molecular weight is 479 g/mol. The first-order chi connectivity index (χ1) is 17.7. The Morgan fingerprint density at radius 2 is 1.81 bits per heavy atom. The van der Waals surface area contributed by atoms with Gasteiger partial charge < -0.3 is 0 Å². The van der Waals surface area contributed by atoms with Gasteiger partial charge in [-0.2, -0.15) is 0 Å². The van der Waals surface area contributed by atoms with Crippen molar-refractivity contribution in [2.75, 3.05) is 0 Å². The third-order valence-electron chi connectivity index (χ3n) is 5.93. The number of ketones is 1. The zero-order valence-electron chi connectivity index (χ0n) is 20.0. The monoisotopic (exact) mass is 478 g/mol. The number of nitrogens with zero attached hydrogens (tertiary/aromatic N) is 7. The number of tetrazole rings is 1. The number of pyridine rings is 1. The predicted octanol–water partition coefficient (Wildman–Crippen LogP) is 4.34. The molecule has 1 N–H and O–H groups in total. The fourth-order valence-electron chi connectivity index (χ4n) is 4.04. The Hall–Kier alpha value is -4.53. The molecule has 9 heteroatoms. The molecule has 5 rings (SSSR count). The lowest BCUT2D eigenvalue weighted by Gasteiger charge is -2.09. The highest BCUT2D eigenvalue weighted by atomic mass is 16.1. The molecule has 5 aromatic rings. The van der Waals surface area contributed by atoms with Crippen molar-refractivity contribution in [3.8, 4) is 22.6 Å². The summed E-state index contributed by atoms with van der Waals surface area (Å²) in [5, 5.41) is 18.8. The summed E-state index contributed by atoms with van der Waals surface area (Å²) >= 11 is 0. The predicted molar refractivity (Wildman–Crippen MR) is 135 cm³/mol. The molecule has 0 radical (unpaired) electrons. The fourth-order valence-corrected chi connectivity index (χ4v) is 4.04. The Morgan fingerprint density at radius 1 is 0.972 bits per heavy atom. The smallest absolute Gasteiger partial charge is 0.217 e. The number of unbranched alkanes of at least 4 members (excludes halogenated alkanes) is 1. The van der Waals surface area contributed by atoms with E-state index in [0.717, 1.165) is 53.0 Å². The number of benzene rings is 2. The Balaban J connectivity index is 1.37. The van der Waals surface area contributed by atoms with E-state index in [0.29, 0.717) is 18.8 Å². The zero-order chi connectivity index (χ0) is 24.7. The van der Waals surface area contributed by atoms with Gasteiger partial charge in [0, 0.05) is 30.2 Å². The van der Waals surface area contributed by atoms with Gasteiger partial charge in [-0.15, -0.1) is 10.2 Å². The van der Waals surface area contributed by atoms with Gasteiger partial charge in [0.25, 0.3) is 0 Å². The summed E-state index contributed by atoms with van der Waals surface area (Å²) in [6.07, 6.45) is 4.85. The molecule has 0 amide bonds. The molecule has 0 saturated heterocycles. The summed E-state index contributed by atoms with van der Waals surface area (Å²) in [6, 6.07) is 21.6. The van der Waals surface area contributed by atoms with Gasteiger partial charge in [0.1, 0.15) is 5.82 Å². The lowest BCUT2D eigenvalue weighted by Crippen LogP contribution is -2.09. The van der Waals surface area contributed by atoms with Gasteiger partial charge in [-0.1, -0.05) is 67.9 Å². The van der Waals surface area contributed by atoms with Crippen molar-refractivity contribution >= 4 is 5.78 Å². The molecule has 0 aliphatic heterocycles.